The first-order chi connectivity index (χ1) is 8.48. The summed E-state index contributed by atoms with van der Waals surface area (Å²) in [6, 6.07) is 6.58. The molecule has 3 nitrogen and oxygen atoms in total. The number of hydrogen-bond donors (Lipinski definition) is 1. The van der Waals surface area contributed by atoms with Crippen molar-refractivity contribution >= 4 is 9.84 Å². The van der Waals surface area contributed by atoms with E-state index < -0.39 is 9.84 Å². The lowest BCUT2D eigenvalue weighted by Gasteiger charge is -2.15. The van der Waals surface area contributed by atoms with Crippen molar-refractivity contribution in [1.82, 2.24) is 5.32 Å². The molecule has 0 spiro atoms. The zero-order chi connectivity index (χ0) is 13.2. The number of fused-ring (bicyclic) bond motifs is 1. The van der Waals surface area contributed by atoms with Crippen molar-refractivity contribution in [3.8, 4) is 0 Å². The second-order valence-corrected chi connectivity index (χ2v) is 7.42. The minimum Gasteiger partial charge on any atom is -0.316 e. The second-order valence-electron chi connectivity index (χ2n) is 5.24. The van der Waals surface area contributed by atoms with E-state index in [0.717, 1.165) is 6.42 Å². The third kappa shape index (κ3) is 3.56. The van der Waals surface area contributed by atoms with Gasteiger partial charge in [-0.3, -0.25) is 0 Å². The van der Waals surface area contributed by atoms with E-state index in [2.05, 4.69) is 23.5 Å². The van der Waals surface area contributed by atoms with Crippen LogP contribution in [0.1, 0.15) is 23.1 Å². The van der Waals surface area contributed by atoms with Gasteiger partial charge >= 0.3 is 0 Å². The Morgan fingerprint density at radius 2 is 2.00 bits per heavy atom. The van der Waals surface area contributed by atoms with Gasteiger partial charge in [0.2, 0.25) is 0 Å². The number of sulfone groups is 1. The molecule has 18 heavy (non-hydrogen) atoms. The van der Waals surface area contributed by atoms with Gasteiger partial charge in [-0.2, -0.15) is 0 Å². The first-order valence-corrected chi connectivity index (χ1v) is 8.49. The SMILES string of the molecule is CNC(Cc1ccc2c(c1)CCC2)CS(C)(=O)=O. The lowest BCUT2D eigenvalue weighted by Crippen LogP contribution is -2.34. The predicted molar refractivity (Wildman–Crippen MR) is 74.7 cm³/mol. The van der Waals surface area contributed by atoms with Gasteiger partial charge in [-0.25, -0.2) is 8.42 Å². The molecule has 2 rings (SSSR count). The zero-order valence-corrected chi connectivity index (χ0v) is 11.9. The highest BCUT2D eigenvalue weighted by atomic mass is 32.2. The predicted octanol–water partition coefficient (Wildman–Crippen LogP) is 1.35. The highest BCUT2D eigenvalue weighted by Crippen LogP contribution is 2.23. The monoisotopic (exact) mass is 267 g/mol. The molecule has 1 N–H and O–H groups in total. The molecular formula is C14H21NO2S. The molecule has 100 valence electrons. The maximum absolute atomic E-state index is 11.3. The smallest absolute Gasteiger partial charge is 0.148 e. The summed E-state index contributed by atoms with van der Waals surface area (Å²) >= 11 is 0. The molecule has 1 aliphatic rings. The fraction of sp³-hybridized carbons (Fsp3) is 0.571. The van der Waals surface area contributed by atoms with Crippen molar-refractivity contribution in [3.63, 3.8) is 0 Å². The van der Waals surface area contributed by atoms with Crippen molar-refractivity contribution in [1.29, 1.82) is 0 Å². The summed E-state index contributed by atoms with van der Waals surface area (Å²) in [5.41, 5.74) is 4.14. The average molecular weight is 267 g/mol. The number of likely N-dealkylation sites (N-methyl/N-ethyl adjacent to an activating group) is 1. The van der Waals surface area contributed by atoms with Gasteiger partial charge in [0.05, 0.1) is 5.75 Å². The van der Waals surface area contributed by atoms with Gasteiger partial charge in [0.1, 0.15) is 9.84 Å². The molecule has 1 aliphatic carbocycles. The van der Waals surface area contributed by atoms with Gasteiger partial charge in [0, 0.05) is 12.3 Å². The number of aryl methyl sites for hydroxylation is 2. The van der Waals surface area contributed by atoms with Crippen LogP contribution >= 0.6 is 0 Å². The minimum atomic E-state index is -2.93. The molecule has 0 radical (unpaired) electrons. The fourth-order valence-electron chi connectivity index (χ4n) is 2.65. The Kier molecular flexibility index (Phi) is 4.07. The summed E-state index contributed by atoms with van der Waals surface area (Å²) in [5, 5.41) is 3.10. The standard InChI is InChI=1S/C14H21NO2S/c1-15-14(10-18(2,16)17)9-11-6-7-12-4-3-5-13(12)8-11/h6-8,14-15H,3-5,9-10H2,1-2H3. The fourth-order valence-corrected chi connectivity index (χ4v) is 3.66. The quantitative estimate of drug-likeness (QED) is 0.876. The Hall–Kier alpha value is -0.870. The Bertz CT molecular complexity index is 523. The summed E-state index contributed by atoms with van der Waals surface area (Å²) < 4.78 is 22.7. The second kappa shape index (κ2) is 5.41. The van der Waals surface area contributed by atoms with E-state index in [1.165, 1.54) is 42.2 Å². The Labute approximate surface area is 110 Å². The van der Waals surface area contributed by atoms with Gasteiger partial charge in [-0.1, -0.05) is 18.2 Å². The van der Waals surface area contributed by atoms with Crippen molar-refractivity contribution in [2.75, 3.05) is 19.1 Å². The average Bonchev–Trinajstić information content (AvgIpc) is 2.73. The van der Waals surface area contributed by atoms with Gasteiger partial charge in [0.25, 0.3) is 0 Å². The van der Waals surface area contributed by atoms with E-state index in [-0.39, 0.29) is 11.8 Å². The Morgan fingerprint density at radius 3 is 2.67 bits per heavy atom. The molecule has 1 aromatic carbocycles. The van der Waals surface area contributed by atoms with Crippen LogP contribution in [0.15, 0.2) is 18.2 Å². The van der Waals surface area contributed by atoms with Crippen molar-refractivity contribution in [3.05, 3.63) is 34.9 Å². The molecule has 0 heterocycles. The molecule has 0 fully saturated rings. The molecule has 0 aromatic heterocycles. The lowest BCUT2D eigenvalue weighted by molar-refractivity contribution is 0.567. The van der Waals surface area contributed by atoms with Crippen LogP contribution in [-0.2, 0) is 29.1 Å². The molecule has 1 aromatic rings. The maximum atomic E-state index is 11.3. The minimum absolute atomic E-state index is 0.000506. The molecule has 4 heteroatoms. The van der Waals surface area contributed by atoms with Crippen LogP contribution in [0.4, 0.5) is 0 Å². The highest BCUT2D eigenvalue weighted by molar-refractivity contribution is 7.90. The molecular weight excluding hydrogens is 246 g/mol. The van der Waals surface area contributed by atoms with Crippen LogP contribution in [0.25, 0.3) is 0 Å². The number of nitrogens with one attached hydrogen (secondary N) is 1. The van der Waals surface area contributed by atoms with Crippen LogP contribution < -0.4 is 5.32 Å². The van der Waals surface area contributed by atoms with E-state index >= 15 is 0 Å². The van der Waals surface area contributed by atoms with Crippen molar-refractivity contribution < 1.29 is 8.42 Å². The van der Waals surface area contributed by atoms with E-state index in [0.29, 0.717) is 0 Å². The van der Waals surface area contributed by atoms with Crippen LogP contribution in [-0.4, -0.2) is 33.5 Å². The number of rotatable bonds is 5. The van der Waals surface area contributed by atoms with Crippen LogP contribution in [0.5, 0.6) is 0 Å². The first kappa shape index (κ1) is 13.6. The van der Waals surface area contributed by atoms with Crippen LogP contribution in [0, 0.1) is 0 Å². The number of benzene rings is 1. The molecule has 0 saturated heterocycles. The van der Waals surface area contributed by atoms with E-state index in [4.69, 9.17) is 0 Å². The molecule has 0 saturated carbocycles. The zero-order valence-electron chi connectivity index (χ0n) is 11.1. The lowest BCUT2D eigenvalue weighted by atomic mass is 10.0. The van der Waals surface area contributed by atoms with Gasteiger partial charge in [-0.05, 0) is 49.4 Å². The van der Waals surface area contributed by atoms with Crippen LogP contribution in [0.2, 0.25) is 0 Å². The maximum Gasteiger partial charge on any atom is 0.148 e. The molecule has 1 unspecified atom stereocenters. The van der Waals surface area contributed by atoms with E-state index in [1.807, 2.05) is 7.05 Å². The van der Waals surface area contributed by atoms with E-state index in [9.17, 15) is 8.42 Å². The van der Waals surface area contributed by atoms with Gasteiger partial charge in [0.15, 0.2) is 0 Å². The van der Waals surface area contributed by atoms with Crippen LogP contribution in [0.3, 0.4) is 0 Å². The summed E-state index contributed by atoms with van der Waals surface area (Å²) in [6.45, 7) is 0. The normalized spacial score (nSPS) is 16.6. The third-order valence-corrected chi connectivity index (χ3v) is 4.57. The molecule has 1 atom stereocenters. The highest BCUT2D eigenvalue weighted by Gasteiger charge is 2.16. The number of hydrogen-bond acceptors (Lipinski definition) is 3. The van der Waals surface area contributed by atoms with Crippen molar-refractivity contribution in [2.24, 2.45) is 0 Å². The van der Waals surface area contributed by atoms with Crippen molar-refractivity contribution in [2.45, 2.75) is 31.7 Å². The first-order valence-electron chi connectivity index (χ1n) is 6.43. The summed E-state index contributed by atoms with van der Waals surface area (Å²) in [4.78, 5) is 0. The third-order valence-electron chi connectivity index (χ3n) is 3.56. The molecule has 0 aliphatic heterocycles. The topological polar surface area (TPSA) is 46.2 Å². The van der Waals surface area contributed by atoms with Gasteiger partial charge < -0.3 is 5.32 Å². The summed E-state index contributed by atoms with van der Waals surface area (Å²) in [5.74, 6) is 0.195. The molecule has 0 bridgehead atoms. The van der Waals surface area contributed by atoms with Gasteiger partial charge in [-0.15, -0.1) is 0 Å². The Balaban J connectivity index is 2.08. The Morgan fingerprint density at radius 1 is 1.28 bits per heavy atom. The summed E-state index contributed by atoms with van der Waals surface area (Å²) in [7, 11) is -1.11. The summed E-state index contributed by atoms with van der Waals surface area (Å²) in [6.07, 6.45) is 5.67. The molecule has 0 amide bonds. The van der Waals surface area contributed by atoms with E-state index in [1.54, 1.807) is 0 Å². The largest absolute Gasteiger partial charge is 0.316 e.